The molecule has 4 heterocycles. The number of imidazole rings is 1. The van der Waals surface area contributed by atoms with Crippen molar-refractivity contribution in [3.05, 3.63) is 49.4 Å². The summed E-state index contributed by atoms with van der Waals surface area (Å²) in [6.07, 6.45) is 10.1. The quantitative estimate of drug-likeness (QED) is 0.726. The Balaban J connectivity index is 1.35. The van der Waals surface area contributed by atoms with Crippen LogP contribution in [0.4, 0.5) is 11.6 Å². The molecule has 0 unspecified atom stereocenters. The summed E-state index contributed by atoms with van der Waals surface area (Å²) in [5.74, 6) is 1.18. The normalized spacial score (nSPS) is 14.1. The van der Waals surface area contributed by atoms with Gasteiger partial charge in [-0.3, -0.25) is 14.8 Å². The van der Waals surface area contributed by atoms with Gasteiger partial charge in [-0.05, 0) is 12.1 Å². The first-order chi connectivity index (χ1) is 13.3. The minimum Gasteiger partial charge on any atom is -0.378 e. The van der Waals surface area contributed by atoms with Crippen molar-refractivity contribution in [1.29, 1.82) is 0 Å². The van der Waals surface area contributed by atoms with Gasteiger partial charge in [-0.15, -0.1) is 0 Å². The van der Waals surface area contributed by atoms with E-state index in [4.69, 9.17) is 4.74 Å². The van der Waals surface area contributed by atoms with E-state index in [1.165, 1.54) is 0 Å². The van der Waals surface area contributed by atoms with Gasteiger partial charge in [0.05, 0.1) is 31.4 Å². The fourth-order valence-electron chi connectivity index (χ4n) is 2.81. The molecule has 1 aliphatic heterocycles. The van der Waals surface area contributed by atoms with Crippen LogP contribution >= 0.6 is 0 Å². The third-order valence-corrected chi connectivity index (χ3v) is 4.17. The van der Waals surface area contributed by atoms with Crippen LogP contribution in [-0.2, 0) is 16.1 Å². The van der Waals surface area contributed by atoms with E-state index < -0.39 is 0 Å². The summed E-state index contributed by atoms with van der Waals surface area (Å²) in [4.78, 5) is 31.3. The predicted molar refractivity (Wildman–Crippen MR) is 99.2 cm³/mol. The molecule has 0 bridgehead atoms. The maximum Gasteiger partial charge on any atom is 0.245 e. The third-order valence-electron chi connectivity index (χ3n) is 4.17. The molecular formula is C18H19N7O2. The molecule has 1 saturated heterocycles. The van der Waals surface area contributed by atoms with Gasteiger partial charge in [0.25, 0.3) is 0 Å². The van der Waals surface area contributed by atoms with Crippen LogP contribution < -0.4 is 10.2 Å². The highest BCUT2D eigenvalue weighted by Gasteiger charge is 2.14. The number of morpholine rings is 1. The SMILES string of the molecule is O=C(Cn1cnc(N2CCOCC2)c1)Nc1ccc(-c2cnccn2)cn1. The second-order valence-corrected chi connectivity index (χ2v) is 6.07. The molecule has 9 nitrogen and oxygen atoms in total. The van der Waals surface area contributed by atoms with Crippen molar-refractivity contribution >= 4 is 17.5 Å². The van der Waals surface area contributed by atoms with Crippen molar-refractivity contribution in [3.8, 4) is 11.3 Å². The number of carbonyl (C=O) groups excluding carboxylic acids is 1. The van der Waals surface area contributed by atoms with Gasteiger partial charge in [0.1, 0.15) is 18.2 Å². The van der Waals surface area contributed by atoms with E-state index in [0.717, 1.165) is 30.2 Å². The number of hydrogen-bond acceptors (Lipinski definition) is 7. The molecule has 0 aromatic carbocycles. The summed E-state index contributed by atoms with van der Waals surface area (Å²) in [6, 6.07) is 3.59. The van der Waals surface area contributed by atoms with E-state index in [0.29, 0.717) is 19.0 Å². The number of amides is 1. The number of rotatable bonds is 5. The van der Waals surface area contributed by atoms with Crippen LogP contribution in [0, 0.1) is 0 Å². The minimum atomic E-state index is -0.166. The van der Waals surface area contributed by atoms with Gasteiger partial charge >= 0.3 is 0 Å². The molecule has 0 aliphatic carbocycles. The summed E-state index contributed by atoms with van der Waals surface area (Å²) in [7, 11) is 0. The van der Waals surface area contributed by atoms with Gasteiger partial charge in [-0.25, -0.2) is 9.97 Å². The van der Waals surface area contributed by atoms with Crippen LogP contribution in [0.2, 0.25) is 0 Å². The molecule has 4 rings (SSSR count). The van der Waals surface area contributed by atoms with Crippen LogP contribution in [0.25, 0.3) is 11.3 Å². The lowest BCUT2D eigenvalue weighted by atomic mass is 10.2. The molecule has 0 saturated carbocycles. The highest BCUT2D eigenvalue weighted by molar-refractivity contribution is 5.89. The fraction of sp³-hybridized carbons (Fsp3) is 0.278. The molecule has 3 aromatic rings. The standard InChI is InChI=1S/C18H19N7O2/c26-18(12-24-11-17(22-13-24)25-5-7-27-8-6-25)23-16-2-1-14(9-21-16)15-10-19-3-4-20-15/h1-4,9-11,13H,5-8,12H2,(H,21,23,26). The summed E-state index contributed by atoms with van der Waals surface area (Å²) < 4.78 is 7.10. The summed E-state index contributed by atoms with van der Waals surface area (Å²) in [5.41, 5.74) is 1.57. The first-order valence-electron chi connectivity index (χ1n) is 8.65. The monoisotopic (exact) mass is 365 g/mol. The number of nitrogens with one attached hydrogen (secondary N) is 1. The molecule has 0 atom stereocenters. The molecule has 138 valence electrons. The number of carbonyl (C=O) groups is 1. The molecular weight excluding hydrogens is 346 g/mol. The van der Waals surface area contributed by atoms with E-state index in [1.807, 2.05) is 12.3 Å². The zero-order chi connectivity index (χ0) is 18.5. The Labute approximate surface area is 156 Å². The van der Waals surface area contributed by atoms with Crippen molar-refractivity contribution in [2.24, 2.45) is 0 Å². The van der Waals surface area contributed by atoms with E-state index in [-0.39, 0.29) is 12.5 Å². The molecule has 9 heteroatoms. The summed E-state index contributed by atoms with van der Waals surface area (Å²) in [6.45, 7) is 3.19. The maximum atomic E-state index is 12.3. The number of pyridine rings is 1. The smallest absolute Gasteiger partial charge is 0.245 e. The van der Waals surface area contributed by atoms with Crippen LogP contribution in [0.5, 0.6) is 0 Å². The largest absolute Gasteiger partial charge is 0.378 e. The lowest BCUT2D eigenvalue weighted by Gasteiger charge is -2.26. The molecule has 1 N–H and O–H groups in total. The van der Waals surface area contributed by atoms with Crippen LogP contribution in [-0.4, -0.2) is 56.7 Å². The van der Waals surface area contributed by atoms with Crippen molar-refractivity contribution < 1.29 is 9.53 Å². The highest BCUT2D eigenvalue weighted by Crippen LogP contribution is 2.16. The minimum absolute atomic E-state index is 0.166. The van der Waals surface area contributed by atoms with Gasteiger partial charge in [0.2, 0.25) is 5.91 Å². The van der Waals surface area contributed by atoms with Crippen molar-refractivity contribution in [2.75, 3.05) is 36.5 Å². The zero-order valence-corrected chi connectivity index (χ0v) is 14.7. The molecule has 0 radical (unpaired) electrons. The van der Waals surface area contributed by atoms with Crippen LogP contribution in [0.1, 0.15) is 0 Å². The zero-order valence-electron chi connectivity index (χ0n) is 14.7. The number of hydrogen-bond donors (Lipinski definition) is 1. The molecule has 3 aromatic heterocycles. The van der Waals surface area contributed by atoms with Crippen LogP contribution in [0.3, 0.4) is 0 Å². The molecule has 1 aliphatic rings. The van der Waals surface area contributed by atoms with E-state index in [2.05, 4.69) is 30.2 Å². The maximum absolute atomic E-state index is 12.3. The Morgan fingerprint density at radius 3 is 2.74 bits per heavy atom. The number of nitrogens with zero attached hydrogens (tertiary/aromatic N) is 6. The van der Waals surface area contributed by atoms with E-state index in [9.17, 15) is 4.79 Å². The van der Waals surface area contributed by atoms with Crippen molar-refractivity contribution in [1.82, 2.24) is 24.5 Å². The second kappa shape index (κ2) is 7.92. The third kappa shape index (κ3) is 4.26. The van der Waals surface area contributed by atoms with E-state index >= 15 is 0 Å². The first kappa shape index (κ1) is 17.1. The fourth-order valence-corrected chi connectivity index (χ4v) is 2.81. The predicted octanol–water partition coefficient (Wildman–Crippen LogP) is 1.21. The van der Waals surface area contributed by atoms with Gasteiger partial charge < -0.3 is 19.5 Å². The van der Waals surface area contributed by atoms with Crippen LogP contribution in [0.15, 0.2) is 49.4 Å². The summed E-state index contributed by atoms with van der Waals surface area (Å²) in [5, 5.41) is 2.79. The lowest BCUT2D eigenvalue weighted by Crippen LogP contribution is -2.36. The molecule has 27 heavy (non-hydrogen) atoms. The Hall–Kier alpha value is -3.33. The molecule has 1 fully saturated rings. The lowest BCUT2D eigenvalue weighted by molar-refractivity contribution is -0.116. The number of aromatic nitrogens is 5. The highest BCUT2D eigenvalue weighted by atomic mass is 16.5. The van der Waals surface area contributed by atoms with Gasteiger partial charge in [-0.2, -0.15) is 0 Å². The topological polar surface area (TPSA) is 98.1 Å². The second-order valence-electron chi connectivity index (χ2n) is 6.07. The average molecular weight is 365 g/mol. The number of anilines is 2. The van der Waals surface area contributed by atoms with Gasteiger partial charge in [-0.1, -0.05) is 0 Å². The molecule has 0 spiro atoms. The number of ether oxygens (including phenoxy) is 1. The van der Waals surface area contributed by atoms with E-state index in [1.54, 1.807) is 41.7 Å². The summed E-state index contributed by atoms with van der Waals surface area (Å²) >= 11 is 0. The molecule has 1 amide bonds. The first-order valence-corrected chi connectivity index (χ1v) is 8.65. The Bertz CT molecular complexity index is 890. The Kier molecular flexibility index (Phi) is 5.01. The van der Waals surface area contributed by atoms with Crippen molar-refractivity contribution in [3.63, 3.8) is 0 Å². The van der Waals surface area contributed by atoms with Gasteiger partial charge in [0.15, 0.2) is 0 Å². The Morgan fingerprint density at radius 2 is 2.00 bits per heavy atom. The van der Waals surface area contributed by atoms with Gasteiger partial charge in [0, 0.05) is 43.4 Å². The Morgan fingerprint density at radius 1 is 1.11 bits per heavy atom. The van der Waals surface area contributed by atoms with Crippen molar-refractivity contribution in [2.45, 2.75) is 6.54 Å². The average Bonchev–Trinajstić information content (AvgIpc) is 3.18.